The Kier molecular flexibility index (Phi) is 4.78. The molecule has 0 amide bonds. The summed E-state index contributed by atoms with van der Waals surface area (Å²) in [5.74, 6) is 0. The van der Waals surface area contributed by atoms with E-state index in [9.17, 15) is 0 Å². The van der Waals surface area contributed by atoms with Crippen molar-refractivity contribution in [2.45, 2.75) is 6.54 Å². The van der Waals surface area contributed by atoms with Crippen molar-refractivity contribution >= 4 is 72.1 Å². The lowest BCUT2D eigenvalue weighted by Crippen LogP contribution is -1.98. The minimum Gasteiger partial charge on any atom is -0.378 e. The van der Waals surface area contributed by atoms with Gasteiger partial charge in [0.25, 0.3) is 0 Å². The molecule has 6 heteroatoms. The van der Waals surface area contributed by atoms with Crippen molar-refractivity contribution in [3.63, 3.8) is 0 Å². The number of thiophene rings is 1. The van der Waals surface area contributed by atoms with Crippen LogP contribution in [0, 0.1) is 0 Å². The lowest BCUT2D eigenvalue weighted by atomic mass is 10.3. The van der Waals surface area contributed by atoms with Gasteiger partial charge in [-0.25, -0.2) is 0 Å². The van der Waals surface area contributed by atoms with Crippen molar-refractivity contribution in [1.29, 1.82) is 0 Å². The van der Waals surface area contributed by atoms with Gasteiger partial charge in [0.2, 0.25) is 0 Å². The van der Waals surface area contributed by atoms with Crippen LogP contribution in [0.5, 0.6) is 0 Å². The maximum Gasteiger partial charge on any atom is 0.0722 e. The molecule has 0 aliphatic carbocycles. The molecule has 90 valence electrons. The number of rotatable bonds is 3. The molecular formula is C11H7Br2Cl2NS. The predicted octanol–water partition coefficient (Wildman–Crippen LogP) is 6.19. The first-order chi connectivity index (χ1) is 8.06. The van der Waals surface area contributed by atoms with Gasteiger partial charge >= 0.3 is 0 Å². The molecule has 2 rings (SSSR count). The molecule has 0 spiro atoms. The first-order valence-corrected chi connectivity index (χ1v) is 7.85. The highest BCUT2D eigenvalue weighted by Gasteiger charge is 2.07. The number of benzene rings is 1. The van der Waals surface area contributed by atoms with Crippen molar-refractivity contribution < 1.29 is 0 Å². The molecule has 0 atom stereocenters. The van der Waals surface area contributed by atoms with Crippen LogP contribution in [0.25, 0.3) is 0 Å². The third-order valence-electron chi connectivity index (χ3n) is 2.08. The van der Waals surface area contributed by atoms with E-state index in [0.717, 1.165) is 13.9 Å². The van der Waals surface area contributed by atoms with E-state index >= 15 is 0 Å². The first kappa shape index (κ1) is 13.7. The molecule has 1 aromatic heterocycles. The maximum atomic E-state index is 6.12. The summed E-state index contributed by atoms with van der Waals surface area (Å²) < 4.78 is 1.99. The van der Waals surface area contributed by atoms with E-state index in [1.54, 1.807) is 11.3 Å². The van der Waals surface area contributed by atoms with Gasteiger partial charge in [0, 0.05) is 15.9 Å². The Balaban J connectivity index is 2.14. The summed E-state index contributed by atoms with van der Waals surface area (Å²) in [5.41, 5.74) is 0.765. The lowest BCUT2D eigenvalue weighted by molar-refractivity contribution is 1.19. The molecule has 0 saturated carbocycles. The zero-order valence-corrected chi connectivity index (χ0v) is 13.9. The quantitative estimate of drug-likeness (QED) is 0.630. The van der Waals surface area contributed by atoms with Crippen LogP contribution >= 0.6 is 66.4 Å². The largest absolute Gasteiger partial charge is 0.378 e. The molecule has 1 nitrogen and oxygen atoms in total. The summed E-state index contributed by atoms with van der Waals surface area (Å²) in [7, 11) is 0. The van der Waals surface area contributed by atoms with Gasteiger partial charge in [-0.3, -0.25) is 0 Å². The Morgan fingerprint density at radius 1 is 1.12 bits per heavy atom. The molecule has 0 aliphatic heterocycles. The molecule has 1 N–H and O–H groups in total. The van der Waals surface area contributed by atoms with Gasteiger partial charge in [-0.2, -0.15) is 0 Å². The zero-order chi connectivity index (χ0) is 12.4. The minimum absolute atomic E-state index is 0.611. The normalized spacial score (nSPS) is 10.6. The molecule has 0 unspecified atom stereocenters. The van der Waals surface area contributed by atoms with Crippen molar-refractivity contribution in [3.05, 3.63) is 47.4 Å². The average molecular weight is 416 g/mol. The summed E-state index contributed by atoms with van der Waals surface area (Å²) in [6.45, 7) is 0.706. The van der Waals surface area contributed by atoms with E-state index in [1.165, 1.54) is 4.88 Å². The minimum atomic E-state index is 0.611. The lowest BCUT2D eigenvalue weighted by Gasteiger charge is -2.09. The summed E-state index contributed by atoms with van der Waals surface area (Å²) >= 11 is 20.7. The highest BCUT2D eigenvalue weighted by atomic mass is 79.9. The molecule has 0 fully saturated rings. The molecule has 2 aromatic rings. The Bertz CT molecular complexity index is 519. The molecular weight excluding hydrogens is 409 g/mol. The van der Waals surface area contributed by atoms with Crippen LogP contribution in [0.3, 0.4) is 0 Å². The van der Waals surface area contributed by atoms with Gasteiger partial charge in [-0.15, -0.1) is 11.3 Å². The fourth-order valence-electron chi connectivity index (χ4n) is 1.33. The Morgan fingerprint density at radius 3 is 2.29 bits per heavy atom. The molecule has 0 saturated heterocycles. The van der Waals surface area contributed by atoms with Gasteiger partial charge in [0.15, 0.2) is 0 Å². The van der Waals surface area contributed by atoms with Crippen LogP contribution in [-0.4, -0.2) is 0 Å². The monoisotopic (exact) mass is 413 g/mol. The van der Waals surface area contributed by atoms with Crippen molar-refractivity contribution in [2.75, 3.05) is 5.32 Å². The summed E-state index contributed by atoms with van der Waals surface area (Å²) in [4.78, 5) is 1.21. The number of hydrogen-bond donors (Lipinski definition) is 1. The fourth-order valence-corrected chi connectivity index (χ4v) is 4.10. The van der Waals surface area contributed by atoms with Gasteiger partial charge in [0.1, 0.15) is 0 Å². The smallest absolute Gasteiger partial charge is 0.0722 e. The van der Waals surface area contributed by atoms with E-state index in [0.29, 0.717) is 16.6 Å². The summed E-state index contributed by atoms with van der Waals surface area (Å²) in [6, 6.07) is 7.72. The Hall–Kier alpha value is 0.260. The van der Waals surface area contributed by atoms with Crippen LogP contribution in [0.2, 0.25) is 10.0 Å². The van der Waals surface area contributed by atoms with E-state index in [-0.39, 0.29) is 0 Å². The Morgan fingerprint density at radius 2 is 1.76 bits per heavy atom. The second-order valence-corrected chi connectivity index (χ2v) is 7.58. The highest BCUT2D eigenvalue weighted by molar-refractivity contribution is 9.11. The molecule has 1 aromatic carbocycles. The zero-order valence-electron chi connectivity index (χ0n) is 8.44. The van der Waals surface area contributed by atoms with Crippen molar-refractivity contribution in [2.24, 2.45) is 0 Å². The number of nitrogens with one attached hydrogen (secondary N) is 1. The van der Waals surface area contributed by atoms with Gasteiger partial charge in [-0.1, -0.05) is 39.1 Å². The number of anilines is 1. The highest BCUT2D eigenvalue weighted by Crippen LogP contribution is 2.34. The van der Waals surface area contributed by atoms with E-state index < -0.39 is 0 Å². The van der Waals surface area contributed by atoms with Crippen LogP contribution in [0.4, 0.5) is 5.69 Å². The third kappa shape index (κ3) is 3.61. The van der Waals surface area contributed by atoms with Crippen LogP contribution in [0.15, 0.2) is 32.5 Å². The van der Waals surface area contributed by atoms with Crippen molar-refractivity contribution in [1.82, 2.24) is 0 Å². The average Bonchev–Trinajstić information content (AvgIpc) is 2.62. The molecule has 0 bridgehead atoms. The van der Waals surface area contributed by atoms with Crippen LogP contribution in [0.1, 0.15) is 4.88 Å². The van der Waals surface area contributed by atoms with Crippen molar-refractivity contribution in [3.8, 4) is 0 Å². The fraction of sp³-hybridized carbons (Fsp3) is 0.0909. The first-order valence-electron chi connectivity index (χ1n) is 4.69. The van der Waals surface area contributed by atoms with E-state index in [2.05, 4.69) is 43.2 Å². The third-order valence-corrected chi connectivity index (χ3v) is 4.75. The van der Waals surface area contributed by atoms with E-state index in [4.69, 9.17) is 23.2 Å². The summed E-state index contributed by atoms with van der Waals surface area (Å²) in [6.07, 6.45) is 0. The predicted molar refractivity (Wildman–Crippen MR) is 83.5 cm³/mol. The number of hydrogen-bond acceptors (Lipinski definition) is 2. The molecule has 17 heavy (non-hydrogen) atoms. The topological polar surface area (TPSA) is 12.0 Å². The maximum absolute atomic E-state index is 6.12. The molecule has 0 radical (unpaired) electrons. The van der Waals surface area contributed by atoms with Gasteiger partial charge < -0.3 is 5.32 Å². The Labute approximate surface area is 130 Å². The van der Waals surface area contributed by atoms with Gasteiger partial charge in [-0.05, 0) is 40.2 Å². The number of halogens is 4. The SMILES string of the molecule is Clc1cc(Br)cc(Cl)c1NCc1ccc(Br)s1. The van der Waals surface area contributed by atoms with Crippen LogP contribution < -0.4 is 5.32 Å². The summed E-state index contributed by atoms with van der Waals surface area (Å²) in [5, 5.41) is 4.47. The van der Waals surface area contributed by atoms with Gasteiger partial charge in [0.05, 0.1) is 19.5 Å². The molecule has 0 aliphatic rings. The second kappa shape index (κ2) is 5.93. The van der Waals surface area contributed by atoms with E-state index in [1.807, 2.05) is 18.2 Å². The standard InChI is InChI=1S/C11H7Br2Cl2NS/c12-6-3-8(14)11(9(15)4-6)16-5-7-1-2-10(13)17-7/h1-4,16H,5H2. The second-order valence-electron chi connectivity index (χ2n) is 3.30. The van der Waals surface area contributed by atoms with Crippen LogP contribution in [-0.2, 0) is 6.54 Å². The molecule has 1 heterocycles.